The fourth-order valence-corrected chi connectivity index (χ4v) is 1.63. The molecule has 0 radical (unpaired) electrons. The summed E-state index contributed by atoms with van der Waals surface area (Å²) in [4.78, 5) is 37.3. The van der Waals surface area contributed by atoms with Gasteiger partial charge < -0.3 is 9.72 Å². The van der Waals surface area contributed by atoms with Crippen LogP contribution in [0, 0.1) is 0 Å². The summed E-state index contributed by atoms with van der Waals surface area (Å²) in [6, 6.07) is 9.27. The maximum absolute atomic E-state index is 11.7. The molecule has 0 saturated carbocycles. The third-order valence-corrected chi connectivity index (χ3v) is 2.83. The molecular formula is C14H12ClN3O4. The lowest BCUT2D eigenvalue weighted by molar-refractivity contribution is -0.125. The van der Waals surface area contributed by atoms with Crippen LogP contribution in [0.3, 0.4) is 0 Å². The molecule has 0 aliphatic heterocycles. The van der Waals surface area contributed by atoms with E-state index in [9.17, 15) is 14.4 Å². The van der Waals surface area contributed by atoms with Gasteiger partial charge in [-0.25, -0.2) is 4.79 Å². The summed E-state index contributed by atoms with van der Waals surface area (Å²) in [5.41, 5.74) is 4.89. The van der Waals surface area contributed by atoms with Crippen molar-refractivity contribution in [3.63, 3.8) is 0 Å². The van der Waals surface area contributed by atoms with E-state index in [-0.39, 0.29) is 5.69 Å². The highest BCUT2D eigenvalue weighted by Crippen LogP contribution is 2.08. The first kappa shape index (κ1) is 15.6. The van der Waals surface area contributed by atoms with Crippen LogP contribution < -0.4 is 10.9 Å². The molecule has 114 valence electrons. The predicted molar refractivity (Wildman–Crippen MR) is 78.1 cm³/mol. The number of nitrogens with one attached hydrogen (secondary N) is 3. The highest BCUT2D eigenvalue weighted by molar-refractivity contribution is 6.30. The smallest absolute Gasteiger partial charge is 0.355 e. The van der Waals surface area contributed by atoms with Crippen molar-refractivity contribution in [2.75, 3.05) is 6.61 Å². The number of hydrogen-bond acceptors (Lipinski definition) is 4. The minimum atomic E-state index is -0.665. The summed E-state index contributed by atoms with van der Waals surface area (Å²) < 4.78 is 4.75. The third kappa shape index (κ3) is 4.35. The van der Waals surface area contributed by atoms with Gasteiger partial charge in [-0.1, -0.05) is 11.6 Å². The van der Waals surface area contributed by atoms with Gasteiger partial charge in [0.1, 0.15) is 5.69 Å². The molecule has 7 nitrogen and oxygen atoms in total. The van der Waals surface area contributed by atoms with Crippen LogP contribution in [-0.2, 0) is 9.53 Å². The van der Waals surface area contributed by atoms with Crippen molar-refractivity contribution in [1.82, 2.24) is 15.8 Å². The number of hydrazine groups is 1. The van der Waals surface area contributed by atoms with Crippen molar-refractivity contribution in [2.45, 2.75) is 0 Å². The number of carbonyl (C=O) groups is 3. The number of rotatable bonds is 4. The van der Waals surface area contributed by atoms with E-state index >= 15 is 0 Å². The minimum Gasteiger partial charge on any atom is -0.451 e. The average molecular weight is 322 g/mol. The average Bonchev–Trinajstić information content (AvgIpc) is 3.05. The molecule has 3 N–H and O–H groups in total. The number of benzene rings is 1. The maximum atomic E-state index is 11.7. The Morgan fingerprint density at radius 3 is 2.45 bits per heavy atom. The van der Waals surface area contributed by atoms with Crippen LogP contribution in [0.5, 0.6) is 0 Å². The molecule has 0 aliphatic carbocycles. The summed E-state index contributed by atoms with van der Waals surface area (Å²) in [5, 5.41) is 0.497. The topological polar surface area (TPSA) is 100 Å². The Hall–Kier alpha value is -2.80. The number of carbonyl (C=O) groups excluding carboxylic acids is 3. The minimum absolute atomic E-state index is 0.234. The second kappa shape index (κ2) is 7.28. The van der Waals surface area contributed by atoms with E-state index in [0.717, 1.165) is 0 Å². The Kier molecular flexibility index (Phi) is 5.16. The Balaban J connectivity index is 1.74. The van der Waals surface area contributed by atoms with Gasteiger partial charge in [0, 0.05) is 16.8 Å². The van der Waals surface area contributed by atoms with Crippen molar-refractivity contribution in [2.24, 2.45) is 0 Å². The molecule has 1 aromatic heterocycles. The number of halogens is 1. The Morgan fingerprint density at radius 1 is 1.09 bits per heavy atom. The van der Waals surface area contributed by atoms with E-state index in [0.29, 0.717) is 10.6 Å². The van der Waals surface area contributed by atoms with Gasteiger partial charge >= 0.3 is 5.97 Å². The van der Waals surface area contributed by atoms with Crippen LogP contribution >= 0.6 is 11.6 Å². The molecule has 0 fully saturated rings. The van der Waals surface area contributed by atoms with E-state index in [1.807, 2.05) is 0 Å². The molecule has 2 amide bonds. The molecule has 2 rings (SSSR count). The van der Waals surface area contributed by atoms with Crippen LogP contribution in [-0.4, -0.2) is 29.4 Å². The summed E-state index contributed by atoms with van der Waals surface area (Å²) in [6.07, 6.45) is 1.56. The van der Waals surface area contributed by atoms with Crippen molar-refractivity contribution >= 4 is 29.4 Å². The van der Waals surface area contributed by atoms with Gasteiger partial charge in [0.2, 0.25) is 0 Å². The summed E-state index contributed by atoms with van der Waals surface area (Å²) in [6.45, 7) is -0.515. The molecule has 0 bridgehead atoms. The molecule has 0 aliphatic rings. The van der Waals surface area contributed by atoms with Crippen molar-refractivity contribution < 1.29 is 19.1 Å². The van der Waals surface area contributed by atoms with Gasteiger partial charge in [0.15, 0.2) is 6.61 Å². The van der Waals surface area contributed by atoms with Gasteiger partial charge in [-0.3, -0.25) is 20.4 Å². The van der Waals surface area contributed by atoms with Crippen LogP contribution in [0.15, 0.2) is 42.6 Å². The summed E-state index contributed by atoms with van der Waals surface area (Å²) in [5.74, 6) is -1.84. The number of hydrogen-bond donors (Lipinski definition) is 3. The van der Waals surface area contributed by atoms with E-state index in [4.69, 9.17) is 16.3 Å². The highest BCUT2D eigenvalue weighted by atomic mass is 35.5. The van der Waals surface area contributed by atoms with Crippen molar-refractivity contribution in [3.05, 3.63) is 58.9 Å². The number of aromatic nitrogens is 1. The zero-order valence-electron chi connectivity index (χ0n) is 11.3. The monoisotopic (exact) mass is 321 g/mol. The van der Waals surface area contributed by atoms with Gasteiger partial charge in [-0.05, 0) is 36.4 Å². The van der Waals surface area contributed by atoms with Gasteiger partial charge in [0.05, 0.1) is 0 Å². The maximum Gasteiger partial charge on any atom is 0.355 e. The number of amides is 2. The zero-order valence-corrected chi connectivity index (χ0v) is 12.0. The Morgan fingerprint density at radius 2 is 1.82 bits per heavy atom. The lowest BCUT2D eigenvalue weighted by atomic mass is 10.2. The highest BCUT2D eigenvalue weighted by Gasteiger charge is 2.11. The number of aromatic amines is 1. The van der Waals surface area contributed by atoms with Crippen LogP contribution in [0.25, 0.3) is 0 Å². The largest absolute Gasteiger partial charge is 0.451 e. The summed E-state index contributed by atoms with van der Waals surface area (Å²) in [7, 11) is 0. The first-order valence-corrected chi connectivity index (χ1v) is 6.59. The lowest BCUT2D eigenvalue weighted by Gasteiger charge is -2.07. The SMILES string of the molecule is O=C(COC(=O)c1ccc[nH]1)NNC(=O)c1ccc(Cl)cc1. The standard InChI is InChI=1S/C14H12ClN3O4/c15-10-5-3-9(4-6-10)13(20)18-17-12(19)8-22-14(21)11-2-1-7-16-11/h1-7,16H,8H2,(H,17,19)(H,18,20). The molecule has 1 aromatic carbocycles. The number of ether oxygens (including phenoxy) is 1. The molecule has 2 aromatic rings. The van der Waals surface area contributed by atoms with Crippen LogP contribution in [0.2, 0.25) is 5.02 Å². The van der Waals surface area contributed by atoms with Crippen LogP contribution in [0.1, 0.15) is 20.8 Å². The molecule has 0 spiro atoms. The lowest BCUT2D eigenvalue weighted by Crippen LogP contribution is -2.43. The second-order valence-corrected chi connectivity index (χ2v) is 4.61. The normalized spacial score (nSPS) is 9.86. The fourth-order valence-electron chi connectivity index (χ4n) is 1.50. The molecular weight excluding hydrogens is 310 g/mol. The molecule has 1 heterocycles. The predicted octanol–water partition coefficient (Wildman–Crippen LogP) is 1.29. The van der Waals surface area contributed by atoms with E-state index in [1.54, 1.807) is 24.4 Å². The Labute approximate surface area is 130 Å². The van der Waals surface area contributed by atoms with E-state index in [2.05, 4.69) is 15.8 Å². The zero-order chi connectivity index (χ0) is 15.9. The Bertz CT molecular complexity index is 668. The summed E-state index contributed by atoms with van der Waals surface area (Å²) >= 11 is 5.70. The molecule has 0 atom stereocenters. The fraction of sp³-hybridized carbons (Fsp3) is 0.0714. The van der Waals surface area contributed by atoms with Gasteiger partial charge in [0.25, 0.3) is 11.8 Å². The number of esters is 1. The van der Waals surface area contributed by atoms with Gasteiger partial charge in [-0.15, -0.1) is 0 Å². The quantitative estimate of drug-likeness (QED) is 0.583. The number of H-pyrrole nitrogens is 1. The molecule has 8 heteroatoms. The van der Waals surface area contributed by atoms with Crippen LogP contribution in [0.4, 0.5) is 0 Å². The van der Waals surface area contributed by atoms with E-state index in [1.165, 1.54) is 18.2 Å². The first-order chi connectivity index (χ1) is 10.6. The van der Waals surface area contributed by atoms with Crippen molar-refractivity contribution in [1.29, 1.82) is 0 Å². The van der Waals surface area contributed by atoms with Gasteiger partial charge in [-0.2, -0.15) is 0 Å². The third-order valence-electron chi connectivity index (χ3n) is 2.57. The second-order valence-electron chi connectivity index (χ2n) is 4.17. The van der Waals surface area contributed by atoms with Crippen molar-refractivity contribution in [3.8, 4) is 0 Å². The van der Waals surface area contributed by atoms with E-state index < -0.39 is 24.4 Å². The first-order valence-electron chi connectivity index (χ1n) is 6.21. The molecule has 0 unspecified atom stereocenters. The molecule has 22 heavy (non-hydrogen) atoms. The molecule has 0 saturated heterocycles.